The van der Waals surface area contributed by atoms with Gasteiger partial charge in [-0.25, -0.2) is 13.1 Å². The molecule has 0 saturated heterocycles. The van der Waals surface area contributed by atoms with Crippen LogP contribution in [-0.4, -0.2) is 46.3 Å². The van der Waals surface area contributed by atoms with Crippen LogP contribution in [0.4, 0.5) is 13.2 Å². The first-order chi connectivity index (χ1) is 13.6. The summed E-state index contributed by atoms with van der Waals surface area (Å²) in [7, 11) is -3.71. The molecule has 160 valence electrons. The monoisotopic (exact) mass is 450 g/mol. The minimum absolute atomic E-state index is 0.0155. The Morgan fingerprint density at radius 3 is 2.48 bits per heavy atom. The van der Waals surface area contributed by atoms with Crippen molar-refractivity contribution in [1.82, 2.24) is 10.0 Å². The summed E-state index contributed by atoms with van der Waals surface area (Å²) >= 11 is 1.54. The van der Waals surface area contributed by atoms with Crippen molar-refractivity contribution < 1.29 is 31.1 Å². The molecule has 1 aromatic heterocycles. The molecule has 0 spiro atoms. The predicted molar refractivity (Wildman–Crippen MR) is 103 cm³/mol. The van der Waals surface area contributed by atoms with E-state index in [1.54, 1.807) is 11.3 Å². The second kappa shape index (κ2) is 10.2. The molecule has 0 aliphatic heterocycles. The lowest BCUT2D eigenvalue weighted by Crippen LogP contribution is -2.36. The summed E-state index contributed by atoms with van der Waals surface area (Å²) in [6.45, 7) is 0.0657. The maximum absolute atomic E-state index is 12.3. The third kappa shape index (κ3) is 8.13. The van der Waals surface area contributed by atoms with Crippen LogP contribution in [0.1, 0.15) is 22.2 Å². The van der Waals surface area contributed by atoms with Gasteiger partial charge in [-0.1, -0.05) is 6.07 Å². The molecule has 1 heterocycles. The quantitative estimate of drug-likeness (QED) is 0.583. The molecule has 2 N–H and O–H groups in total. The highest BCUT2D eigenvalue weighted by Crippen LogP contribution is 2.15. The van der Waals surface area contributed by atoms with E-state index in [1.165, 1.54) is 31.2 Å². The average Bonchev–Trinajstić information content (AvgIpc) is 3.14. The van der Waals surface area contributed by atoms with Gasteiger partial charge in [-0.3, -0.25) is 4.79 Å². The Hall–Kier alpha value is -1.95. The van der Waals surface area contributed by atoms with Gasteiger partial charge in [0.25, 0.3) is 5.91 Å². The molecule has 0 radical (unpaired) electrons. The number of benzene rings is 1. The molecule has 1 amide bonds. The largest absolute Gasteiger partial charge is 0.411 e. The highest BCUT2D eigenvalue weighted by Gasteiger charge is 2.27. The highest BCUT2D eigenvalue weighted by atomic mass is 32.2. The van der Waals surface area contributed by atoms with E-state index in [1.807, 2.05) is 17.5 Å². The van der Waals surface area contributed by atoms with Crippen LogP contribution < -0.4 is 10.0 Å². The lowest BCUT2D eigenvalue weighted by molar-refractivity contribution is -0.174. The number of hydrogen-bond donors (Lipinski definition) is 2. The number of thiophene rings is 1. The first kappa shape index (κ1) is 23.3. The van der Waals surface area contributed by atoms with Crippen LogP contribution in [0.15, 0.2) is 46.7 Å². The highest BCUT2D eigenvalue weighted by molar-refractivity contribution is 7.89. The van der Waals surface area contributed by atoms with Crippen molar-refractivity contribution in [3.8, 4) is 0 Å². The van der Waals surface area contributed by atoms with E-state index in [9.17, 15) is 26.4 Å². The van der Waals surface area contributed by atoms with Crippen molar-refractivity contribution in [1.29, 1.82) is 0 Å². The molecule has 2 rings (SSSR count). The summed E-state index contributed by atoms with van der Waals surface area (Å²) in [5, 5.41) is 4.41. The molecule has 6 nitrogen and oxygen atoms in total. The van der Waals surface area contributed by atoms with E-state index in [0.717, 1.165) is 4.88 Å². The average molecular weight is 451 g/mol. The Bertz CT molecular complexity index is 883. The predicted octanol–water partition coefficient (Wildman–Crippen LogP) is 2.97. The lowest BCUT2D eigenvalue weighted by atomic mass is 10.2. The van der Waals surface area contributed by atoms with Crippen LogP contribution in [0.25, 0.3) is 0 Å². The van der Waals surface area contributed by atoms with Crippen molar-refractivity contribution in [3.05, 3.63) is 52.2 Å². The van der Waals surface area contributed by atoms with E-state index < -0.39 is 34.8 Å². The van der Waals surface area contributed by atoms with Gasteiger partial charge < -0.3 is 10.1 Å². The fourth-order valence-corrected chi connectivity index (χ4v) is 4.07. The molecule has 11 heteroatoms. The second-order valence-electron chi connectivity index (χ2n) is 6.26. The summed E-state index contributed by atoms with van der Waals surface area (Å²) < 4.78 is 67.8. The van der Waals surface area contributed by atoms with Crippen LogP contribution in [0.3, 0.4) is 0 Å². The minimum Gasteiger partial charge on any atom is -0.370 e. The summed E-state index contributed by atoms with van der Waals surface area (Å²) in [6.07, 6.45) is -3.85. The van der Waals surface area contributed by atoms with Crippen molar-refractivity contribution >= 4 is 27.3 Å². The van der Waals surface area contributed by atoms with E-state index in [4.69, 9.17) is 0 Å². The van der Waals surface area contributed by atoms with Gasteiger partial charge in [0.05, 0.1) is 11.5 Å². The Morgan fingerprint density at radius 2 is 1.90 bits per heavy atom. The van der Waals surface area contributed by atoms with Crippen LogP contribution in [0.2, 0.25) is 0 Å². The maximum Gasteiger partial charge on any atom is 0.411 e. The van der Waals surface area contributed by atoms with E-state index in [0.29, 0.717) is 6.42 Å². The Morgan fingerprint density at radius 1 is 1.21 bits per heavy atom. The number of rotatable bonds is 10. The number of ether oxygens (including phenoxy) is 1. The third-order valence-corrected chi connectivity index (χ3v) is 6.09. The lowest BCUT2D eigenvalue weighted by Gasteiger charge is -2.15. The molecule has 0 unspecified atom stereocenters. The van der Waals surface area contributed by atoms with Gasteiger partial charge in [0.1, 0.15) is 6.61 Å². The van der Waals surface area contributed by atoms with Gasteiger partial charge in [-0.05, 0) is 49.1 Å². The fraction of sp³-hybridized carbons (Fsp3) is 0.389. The van der Waals surface area contributed by atoms with Crippen molar-refractivity contribution in [2.24, 2.45) is 0 Å². The topological polar surface area (TPSA) is 84.5 Å². The number of nitrogens with one attached hydrogen (secondary N) is 2. The number of alkyl halides is 3. The third-order valence-electron chi connectivity index (χ3n) is 3.68. The van der Waals surface area contributed by atoms with Crippen LogP contribution >= 0.6 is 11.3 Å². The van der Waals surface area contributed by atoms with Gasteiger partial charge in [0.2, 0.25) is 10.0 Å². The van der Waals surface area contributed by atoms with Crippen LogP contribution in [0.5, 0.6) is 0 Å². The molecule has 29 heavy (non-hydrogen) atoms. The normalized spacial score (nSPS) is 13.2. The Labute approximate surface area is 171 Å². The van der Waals surface area contributed by atoms with Crippen molar-refractivity contribution in [2.45, 2.75) is 30.5 Å². The van der Waals surface area contributed by atoms with Crippen molar-refractivity contribution in [2.75, 3.05) is 19.8 Å². The molecule has 0 bridgehead atoms. The number of halogens is 3. The summed E-state index contributed by atoms with van der Waals surface area (Å²) in [5.74, 6) is -0.539. The van der Waals surface area contributed by atoms with Gasteiger partial charge in [-0.2, -0.15) is 13.2 Å². The molecule has 0 fully saturated rings. The summed E-state index contributed by atoms with van der Waals surface area (Å²) in [6, 6.07) is 8.44. The van der Waals surface area contributed by atoms with E-state index in [2.05, 4.69) is 14.8 Å². The zero-order valence-electron chi connectivity index (χ0n) is 15.5. The molecule has 0 aliphatic rings. The number of hydrogen-bond acceptors (Lipinski definition) is 5. The number of carbonyl (C=O) groups excluding carboxylic acids is 1. The Balaban J connectivity index is 1.85. The van der Waals surface area contributed by atoms with Crippen LogP contribution in [0, 0.1) is 0 Å². The SMILES string of the molecule is C[C@@H](COCC(F)(F)F)NC(=O)c1ccc(S(=O)(=O)NCCc2cccs2)cc1. The maximum atomic E-state index is 12.3. The van der Waals surface area contributed by atoms with Gasteiger partial charge in [0.15, 0.2) is 0 Å². The van der Waals surface area contributed by atoms with E-state index in [-0.39, 0.29) is 23.6 Å². The smallest absolute Gasteiger partial charge is 0.370 e. The van der Waals surface area contributed by atoms with Gasteiger partial charge in [-0.15, -0.1) is 11.3 Å². The minimum atomic E-state index is -4.43. The van der Waals surface area contributed by atoms with Crippen LogP contribution in [-0.2, 0) is 21.2 Å². The standard InChI is InChI=1S/C18H21F3N2O4S2/c1-13(11-27-12-18(19,20)21)23-17(24)14-4-6-16(7-5-14)29(25,26)22-9-8-15-3-2-10-28-15/h2-7,10,13,22H,8-9,11-12H2,1H3,(H,23,24)/t13-/m0/s1. The molecular formula is C18H21F3N2O4S2. The van der Waals surface area contributed by atoms with Gasteiger partial charge in [0, 0.05) is 23.0 Å². The van der Waals surface area contributed by atoms with E-state index >= 15 is 0 Å². The molecular weight excluding hydrogens is 429 g/mol. The molecule has 0 aliphatic carbocycles. The van der Waals surface area contributed by atoms with Gasteiger partial charge >= 0.3 is 6.18 Å². The molecule has 1 atom stereocenters. The zero-order chi connectivity index (χ0) is 21.5. The first-order valence-electron chi connectivity index (χ1n) is 8.64. The number of carbonyl (C=O) groups is 1. The molecule has 1 aromatic carbocycles. The summed E-state index contributed by atoms with van der Waals surface area (Å²) in [4.78, 5) is 13.2. The number of sulfonamides is 1. The summed E-state index contributed by atoms with van der Waals surface area (Å²) in [5.41, 5.74) is 0.185. The molecule has 2 aromatic rings. The van der Waals surface area contributed by atoms with Crippen molar-refractivity contribution in [3.63, 3.8) is 0 Å². The molecule has 0 saturated carbocycles. The zero-order valence-corrected chi connectivity index (χ0v) is 17.2. The first-order valence-corrected chi connectivity index (χ1v) is 11.0. The fourth-order valence-electron chi connectivity index (χ4n) is 2.33. The number of amides is 1. The Kier molecular flexibility index (Phi) is 8.20. The second-order valence-corrected chi connectivity index (χ2v) is 9.06.